The highest BCUT2D eigenvalue weighted by Crippen LogP contribution is 2.53. The van der Waals surface area contributed by atoms with E-state index < -0.39 is 17.3 Å². The fourth-order valence-electron chi connectivity index (χ4n) is 4.20. The fourth-order valence-corrected chi connectivity index (χ4v) is 4.20. The first-order chi connectivity index (χ1) is 15.7. The van der Waals surface area contributed by atoms with Crippen LogP contribution in [0.25, 0.3) is 22.4 Å². The van der Waals surface area contributed by atoms with Gasteiger partial charge in [0.1, 0.15) is 18.7 Å². The lowest BCUT2D eigenvalue weighted by Crippen LogP contribution is -2.31. The number of hydrogen-bond acceptors (Lipinski definition) is 6. The Labute approximate surface area is 181 Å². The van der Waals surface area contributed by atoms with Crippen molar-refractivity contribution in [3.63, 3.8) is 0 Å². The molecule has 32 heavy (non-hydrogen) atoms. The maximum Gasteiger partial charge on any atom is 0.220 e. The van der Waals surface area contributed by atoms with Crippen LogP contribution in [-0.2, 0) is 10.3 Å². The third kappa shape index (κ3) is 2.69. The zero-order chi connectivity index (χ0) is 21.7. The van der Waals surface area contributed by atoms with Crippen LogP contribution >= 0.6 is 0 Å². The van der Waals surface area contributed by atoms with Crippen LogP contribution in [-0.4, -0.2) is 28.0 Å². The molecule has 0 unspecified atom stereocenters. The molecule has 6 rings (SSSR count). The van der Waals surface area contributed by atoms with Crippen molar-refractivity contribution in [2.45, 2.75) is 5.54 Å². The van der Waals surface area contributed by atoms with E-state index in [1.807, 2.05) is 0 Å². The zero-order valence-corrected chi connectivity index (χ0v) is 16.5. The molecule has 1 spiro atoms. The van der Waals surface area contributed by atoms with E-state index >= 15 is 4.39 Å². The molecule has 2 aliphatic rings. The summed E-state index contributed by atoms with van der Waals surface area (Å²) in [6.45, 7) is 0.155. The molecule has 0 amide bonds. The zero-order valence-electron chi connectivity index (χ0n) is 16.5. The van der Waals surface area contributed by atoms with Gasteiger partial charge in [0.15, 0.2) is 23.5 Å². The molecule has 4 heterocycles. The Morgan fingerprint density at radius 3 is 2.59 bits per heavy atom. The van der Waals surface area contributed by atoms with Crippen molar-refractivity contribution >= 4 is 6.40 Å². The minimum absolute atomic E-state index is 0.0817. The number of ether oxygens (including phenoxy) is 2. The van der Waals surface area contributed by atoms with Gasteiger partial charge >= 0.3 is 0 Å². The normalized spacial score (nSPS) is 18.1. The third-order valence-electron chi connectivity index (χ3n) is 5.71. The lowest BCUT2D eigenvalue weighted by atomic mass is 9.79. The molecule has 2 aliphatic heterocycles. The van der Waals surface area contributed by atoms with Crippen molar-refractivity contribution in [3.05, 3.63) is 90.1 Å². The van der Waals surface area contributed by atoms with Gasteiger partial charge in [0.2, 0.25) is 5.95 Å². The van der Waals surface area contributed by atoms with Crippen LogP contribution in [0.1, 0.15) is 11.1 Å². The van der Waals surface area contributed by atoms with Gasteiger partial charge in [0.05, 0.1) is 5.69 Å². The van der Waals surface area contributed by atoms with Crippen LogP contribution < -0.4 is 4.74 Å². The van der Waals surface area contributed by atoms with E-state index in [4.69, 9.17) is 9.47 Å². The van der Waals surface area contributed by atoms with Crippen LogP contribution in [0.2, 0.25) is 0 Å². The second-order valence-electron chi connectivity index (χ2n) is 7.49. The highest BCUT2D eigenvalue weighted by atomic mass is 19.1. The number of pyridine rings is 1. The Bertz CT molecular complexity index is 1390. The molecule has 0 bridgehead atoms. The molecular formula is C24H14F2N4O2. The second kappa shape index (κ2) is 6.91. The molecule has 2 aromatic carbocycles. The maximum atomic E-state index is 15.2. The molecule has 8 heteroatoms. The first-order valence-corrected chi connectivity index (χ1v) is 9.85. The Kier molecular flexibility index (Phi) is 4.01. The molecule has 6 nitrogen and oxygen atoms in total. The highest BCUT2D eigenvalue weighted by Gasteiger charge is 2.46. The van der Waals surface area contributed by atoms with Crippen molar-refractivity contribution in [2.75, 3.05) is 6.61 Å². The number of halogens is 2. The Hall–Kier alpha value is -4.20. The van der Waals surface area contributed by atoms with E-state index in [1.54, 1.807) is 48.7 Å². The van der Waals surface area contributed by atoms with Gasteiger partial charge in [-0.1, -0.05) is 6.07 Å². The van der Waals surface area contributed by atoms with E-state index in [2.05, 4.69) is 19.9 Å². The maximum absolute atomic E-state index is 15.2. The third-order valence-corrected chi connectivity index (χ3v) is 5.71. The number of hydrogen-bond donors (Lipinski definition) is 0. The quantitative estimate of drug-likeness (QED) is 0.425. The molecular weight excluding hydrogens is 414 g/mol. The predicted octanol–water partition coefficient (Wildman–Crippen LogP) is 4.89. The van der Waals surface area contributed by atoms with Crippen LogP contribution in [0.3, 0.4) is 0 Å². The average molecular weight is 428 g/mol. The number of rotatable bonds is 2. The standard InChI is InChI=1S/C24H14F2N4O2/c25-19-10-15(20-5-7-27-12-29-20)9-18-22(19)32-21-4-3-14(16-2-1-6-28-23(16)26)8-17(21)24(18)11-31-13-30-24/h1-10,12-13H,11H2/t24-/m0/s1. The molecule has 2 aromatic heterocycles. The Morgan fingerprint density at radius 2 is 1.81 bits per heavy atom. The number of fused-ring (bicyclic) bond motifs is 4. The predicted molar refractivity (Wildman–Crippen MR) is 112 cm³/mol. The first-order valence-electron chi connectivity index (χ1n) is 9.85. The van der Waals surface area contributed by atoms with Gasteiger partial charge in [0.25, 0.3) is 0 Å². The summed E-state index contributed by atoms with van der Waals surface area (Å²) >= 11 is 0. The van der Waals surface area contributed by atoms with Crippen LogP contribution in [0.5, 0.6) is 11.5 Å². The smallest absolute Gasteiger partial charge is 0.220 e. The summed E-state index contributed by atoms with van der Waals surface area (Å²) in [6.07, 6.45) is 5.74. The minimum Gasteiger partial charge on any atom is -0.480 e. The van der Waals surface area contributed by atoms with Crippen molar-refractivity contribution < 1.29 is 18.3 Å². The molecule has 156 valence electrons. The number of benzene rings is 2. The number of aromatic nitrogens is 3. The van der Waals surface area contributed by atoms with Gasteiger partial charge in [-0.3, -0.25) is 0 Å². The molecule has 0 N–H and O–H groups in total. The molecule has 0 radical (unpaired) electrons. The number of aliphatic imine (C=N–C) groups is 1. The van der Waals surface area contributed by atoms with Gasteiger partial charge in [-0.05, 0) is 48.0 Å². The first kappa shape index (κ1) is 18.6. The van der Waals surface area contributed by atoms with Crippen LogP contribution in [0.4, 0.5) is 8.78 Å². The summed E-state index contributed by atoms with van der Waals surface area (Å²) in [5, 5.41) is 0. The van der Waals surface area contributed by atoms with Crippen molar-refractivity contribution in [2.24, 2.45) is 4.99 Å². The van der Waals surface area contributed by atoms with Gasteiger partial charge in [0, 0.05) is 34.6 Å². The van der Waals surface area contributed by atoms with Gasteiger partial charge < -0.3 is 9.47 Å². The fraction of sp³-hybridized carbons (Fsp3) is 0.0833. The summed E-state index contributed by atoms with van der Waals surface area (Å²) in [4.78, 5) is 16.5. The summed E-state index contributed by atoms with van der Waals surface area (Å²) in [5.74, 6) is -0.604. The molecule has 0 fully saturated rings. The van der Waals surface area contributed by atoms with Gasteiger partial charge in [-0.2, -0.15) is 4.39 Å². The van der Waals surface area contributed by atoms with Gasteiger partial charge in [-0.15, -0.1) is 0 Å². The van der Waals surface area contributed by atoms with E-state index in [0.717, 1.165) is 0 Å². The second-order valence-corrected chi connectivity index (χ2v) is 7.49. The van der Waals surface area contributed by atoms with E-state index in [0.29, 0.717) is 39.3 Å². The Morgan fingerprint density at radius 1 is 0.906 bits per heavy atom. The minimum atomic E-state index is -1.04. The average Bonchev–Trinajstić information content (AvgIpc) is 3.31. The molecule has 0 saturated heterocycles. The molecule has 0 saturated carbocycles. The van der Waals surface area contributed by atoms with Crippen molar-refractivity contribution in [1.29, 1.82) is 0 Å². The SMILES string of the molecule is Fc1cc(-c2ccncn2)cc2c1Oc1ccc(-c3cccnc3F)cc1[C@@]21COC=N1. The summed E-state index contributed by atoms with van der Waals surface area (Å²) in [7, 11) is 0. The lowest BCUT2D eigenvalue weighted by molar-refractivity contribution is 0.270. The topological polar surface area (TPSA) is 69.5 Å². The van der Waals surface area contributed by atoms with E-state index in [1.165, 1.54) is 25.0 Å². The largest absolute Gasteiger partial charge is 0.480 e. The molecule has 0 aliphatic carbocycles. The number of nitrogens with zero attached hydrogens (tertiary/aromatic N) is 4. The summed E-state index contributed by atoms with van der Waals surface area (Å²) in [6, 6.07) is 13.4. The van der Waals surface area contributed by atoms with Crippen LogP contribution in [0.15, 0.2) is 72.2 Å². The monoisotopic (exact) mass is 428 g/mol. The Balaban J connectivity index is 1.57. The van der Waals surface area contributed by atoms with Crippen molar-refractivity contribution in [1.82, 2.24) is 15.0 Å². The van der Waals surface area contributed by atoms with Crippen LogP contribution in [0, 0.1) is 11.8 Å². The van der Waals surface area contributed by atoms with E-state index in [-0.39, 0.29) is 12.4 Å². The summed E-state index contributed by atoms with van der Waals surface area (Å²) in [5.41, 5.74) is 2.20. The van der Waals surface area contributed by atoms with Gasteiger partial charge in [-0.25, -0.2) is 24.3 Å². The molecule has 4 aromatic rings. The molecule has 1 atom stereocenters. The highest BCUT2D eigenvalue weighted by molar-refractivity contribution is 5.73. The lowest BCUT2D eigenvalue weighted by Gasteiger charge is -2.34. The summed E-state index contributed by atoms with van der Waals surface area (Å²) < 4.78 is 41.1. The van der Waals surface area contributed by atoms with Crippen molar-refractivity contribution in [3.8, 4) is 33.9 Å². The van der Waals surface area contributed by atoms with E-state index in [9.17, 15) is 4.39 Å².